The monoisotopic (exact) mass is 420 g/mol. The van der Waals surface area contributed by atoms with Gasteiger partial charge in [0.15, 0.2) is 0 Å². The van der Waals surface area contributed by atoms with Crippen LogP contribution in [0, 0.1) is 0 Å². The quantitative estimate of drug-likeness (QED) is 0.207. The molecule has 4 nitrogen and oxygen atoms in total. The van der Waals surface area contributed by atoms with Crippen LogP contribution in [0.3, 0.4) is 0 Å². The molecule has 0 saturated heterocycles. The molecule has 0 bridgehead atoms. The van der Waals surface area contributed by atoms with Crippen molar-refractivity contribution in [2.75, 3.05) is 13.2 Å². The second-order valence-electron chi connectivity index (χ2n) is 6.69. The number of benzene rings is 1. The smallest absolute Gasteiger partial charge is 0.340 e. The predicted octanol–water partition coefficient (Wildman–Crippen LogP) is 7.02. The van der Waals surface area contributed by atoms with Crippen LogP contribution in [0.5, 0.6) is 0 Å². The minimum absolute atomic E-state index is 0.429. The van der Waals surface area contributed by atoms with Gasteiger partial charge in [-0.1, -0.05) is 62.9 Å². The third kappa shape index (κ3) is 7.38. The number of allylic oxidation sites excluding steroid dienone is 3. The van der Waals surface area contributed by atoms with Gasteiger partial charge in [-0.25, -0.2) is 0 Å². The minimum atomic E-state index is 0.429. The Balaban J connectivity index is 2.20. The Kier molecular flexibility index (Phi) is 10.3. The molecule has 0 atom stereocenters. The molecule has 0 aromatic heterocycles. The number of halogens is 1. The van der Waals surface area contributed by atoms with Gasteiger partial charge in [-0.2, -0.15) is 4.79 Å². The first-order valence-electron chi connectivity index (χ1n) is 10.0. The second kappa shape index (κ2) is 12.7. The average Bonchev–Trinajstić information content (AvgIpc) is 2.71. The molecule has 1 aliphatic carbocycles. The summed E-state index contributed by atoms with van der Waals surface area (Å²) in [6, 6.07) is 7.73. The van der Waals surface area contributed by atoms with E-state index in [0.717, 1.165) is 54.1 Å². The van der Waals surface area contributed by atoms with Gasteiger partial charge in [0, 0.05) is 16.0 Å². The fourth-order valence-electron chi connectivity index (χ4n) is 2.74. The molecule has 0 unspecified atom stereocenters. The maximum atomic E-state index is 9.47. The molecule has 0 aliphatic heterocycles. The van der Waals surface area contributed by atoms with Crippen molar-refractivity contribution in [3.8, 4) is 0 Å². The molecule has 0 fully saturated rings. The van der Waals surface area contributed by atoms with E-state index in [2.05, 4.69) is 18.6 Å². The zero-order chi connectivity index (χ0) is 20.2. The molecular formula is C22H29ClN2O2S. The van der Waals surface area contributed by atoms with E-state index in [1.807, 2.05) is 30.3 Å². The van der Waals surface area contributed by atoms with Gasteiger partial charge in [-0.15, -0.1) is 0 Å². The molecule has 1 aromatic rings. The SMILES string of the molecule is CCCCCOC1=CC(Sc2ccc(Cl)cc2)=C(OCCCCC)CC1=[N+]=[N-]. The zero-order valence-corrected chi connectivity index (χ0v) is 18.3. The molecule has 0 radical (unpaired) electrons. The van der Waals surface area contributed by atoms with Gasteiger partial charge < -0.3 is 15.0 Å². The lowest BCUT2D eigenvalue weighted by molar-refractivity contribution is -0.0138. The molecule has 0 heterocycles. The van der Waals surface area contributed by atoms with Gasteiger partial charge >= 0.3 is 5.71 Å². The molecule has 6 heteroatoms. The predicted molar refractivity (Wildman–Crippen MR) is 117 cm³/mol. The molecule has 0 amide bonds. The summed E-state index contributed by atoms with van der Waals surface area (Å²) >= 11 is 7.61. The summed E-state index contributed by atoms with van der Waals surface area (Å²) in [5.74, 6) is 1.45. The van der Waals surface area contributed by atoms with Gasteiger partial charge in [0.2, 0.25) is 5.76 Å². The summed E-state index contributed by atoms with van der Waals surface area (Å²) in [6.45, 7) is 5.60. The Morgan fingerprint density at radius 1 is 1.00 bits per heavy atom. The maximum absolute atomic E-state index is 9.47. The van der Waals surface area contributed by atoms with Crippen LogP contribution in [0.15, 0.2) is 51.7 Å². The van der Waals surface area contributed by atoms with Crippen LogP contribution in [0.4, 0.5) is 0 Å². The fraction of sp³-hybridized carbons (Fsp3) is 0.500. The Labute approximate surface area is 177 Å². The Bertz CT molecular complexity index is 737. The van der Waals surface area contributed by atoms with Crippen molar-refractivity contribution in [1.82, 2.24) is 0 Å². The Morgan fingerprint density at radius 2 is 1.64 bits per heavy atom. The van der Waals surface area contributed by atoms with Gasteiger partial charge in [0.1, 0.15) is 12.2 Å². The summed E-state index contributed by atoms with van der Waals surface area (Å²) in [6.07, 6.45) is 8.88. The van der Waals surface area contributed by atoms with Crippen LogP contribution >= 0.6 is 23.4 Å². The first-order chi connectivity index (χ1) is 13.7. The summed E-state index contributed by atoms with van der Waals surface area (Å²) in [7, 11) is 0. The van der Waals surface area contributed by atoms with Crippen LogP contribution in [-0.4, -0.2) is 23.7 Å². The highest BCUT2D eigenvalue weighted by atomic mass is 35.5. The zero-order valence-electron chi connectivity index (χ0n) is 16.7. The van der Waals surface area contributed by atoms with Crippen LogP contribution in [-0.2, 0) is 9.47 Å². The van der Waals surface area contributed by atoms with Crippen molar-refractivity contribution < 1.29 is 14.3 Å². The summed E-state index contributed by atoms with van der Waals surface area (Å²) in [4.78, 5) is 5.51. The number of rotatable bonds is 12. The van der Waals surface area contributed by atoms with Gasteiger partial charge in [-0.3, -0.25) is 0 Å². The van der Waals surface area contributed by atoms with E-state index < -0.39 is 0 Å². The number of ether oxygens (including phenoxy) is 2. The molecule has 1 aromatic carbocycles. The number of unbranched alkanes of at least 4 members (excludes halogenated alkanes) is 4. The van der Waals surface area contributed by atoms with Crippen LogP contribution < -0.4 is 0 Å². The molecular weight excluding hydrogens is 392 g/mol. The summed E-state index contributed by atoms with van der Waals surface area (Å²) in [5, 5.41) is 0.711. The van der Waals surface area contributed by atoms with Gasteiger partial charge in [0.05, 0.1) is 18.1 Å². The van der Waals surface area contributed by atoms with Crippen molar-refractivity contribution in [3.05, 3.63) is 57.3 Å². The topological polar surface area (TPSA) is 54.9 Å². The van der Waals surface area contributed by atoms with Crippen molar-refractivity contribution in [2.45, 2.75) is 63.7 Å². The Morgan fingerprint density at radius 3 is 2.25 bits per heavy atom. The number of hydrogen-bond donors (Lipinski definition) is 0. The highest BCUT2D eigenvalue weighted by molar-refractivity contribution is 8.03. The average molecular weight is 421 g/mol. The van der Waals surface area contributed by atoms with E-state index >= 15 is 0 Å². The highest BCUT2D eigenvalue weighted by Crippen LogP contribution is 2.36. The van der Waals surface area contributed by atoms with Crippen LogP contribution in [0.25, 0.3) is 5.53 Å². The van der Waals surface area contributed by atoms with E-state index in [0.29, 0.717) is 36.1 Å². The van der Waals surface area contributed by atoms with E-state index in [4.69, 9.17) is 21.1 Å². The molecule has 0 N–H and O–H groups in total. The highest BCUT2D eigenvalue weighted by Gasteiger charge is 2.28. The Hall–Kier alpha value is -1.68. The number of hydrogen-bond acceptors (Lipinski definition) is 3. The number of nitrogens with zero attached hydrogens (tertiary/aromatic N) is 2. The molecule has 28 heavy (non-hydrogen) atoms. The van der Waals surface area contributed by atoms with Crippen molar-refractivity contribution >= 4 is 29.1 Å². The third-order valence-corrected chi connectivity index (χ3v) is 5.67. The molecule has 1 aliphatic rings. The van der Waals surface area contributed by atoms with Crippen LogP contribution in [0.2, 0.25) is 5.02 Å². The van der Waals surface area contributed by atoms with E-state index in [9.17, 15) is 5.53 Å². The summed E-state index contributed by atoms with van der Waals surface area (Å²) in [5.41, 5.74) is 9.98. The largest absolute Gasteiger partial charge is 0.496 e. The van der Waals surface area contributed by atoms with Crippen molar-refractivity contribution in [1.29, 1.82) is 0 Å². The molecule has 0 saturated carbocycles. The standard InChI is InChI=1S/C22H29ClN2O2S/c1-3-5-7-13-26-20-16-22(28-18-11-9-17(23)10-12-18)21(15-19(20)25-24)27-14-8-6-4-2/h9-12,16H,3-8,13-15H2,1-2H3. The molecule has 2 rings (SSSR count). The second-order valence-corrected chi connectivity index (χ2v) is 8.24. The molecule has 152 valence electrons. The first-order valence-corrected chi connectivity index (χ1v) is 11.2. The minimum Gasteiger partial charge on any atom is -0.496 e. The lowest BCUT2D eigenvalue weighted by Crippen LogP contribution is -2.16. The third-order valence-electron chi connectivity index (χ3n) is 4.34. The van der Waals surface area contributed by atoms with E-state index in [1.165, 1.54) is 0 Å². The van der Waals surface area contributed by atoms with Crippen molar-refractivity contribution in [2.24, 2.45) is 0 Å². The fourth-order valence-corrected chi connectivity index (χ4v) is 3.80. The number of thioether (sulfide) groups is 1. The first kappa shape index (κ1) is 22.6. The van der Waals surface area contributed by atoms with E-state index in [1.54, 1.807) is 11.8 Å². The van der Waals surface area contributed by atoms with Gasteiger partial charge in [-0.05, 0) is 37.1 Å². The summed E-state index contributed by atoms with van der Waals surface area (Å²) < 4.78 is 12.0. The van der Waals surface area contributed by atoms with Gasteiger partial charge in [0.25, 0.3) is 0 Å². The van der Waals surface area contributed by atoms with Crippen molar-refractivity contribution in [3.63, 3.8) is 0 Å². The molecule has 0 spiro atoms. The van der Waals surface area contributed by atoms with Crippen LogP contribution in [0.1, 0.15) is 58.8 Å². The lowest BCUT2D eigenvalue weighted by atomic mass is 10.1. The maximum Gasteiger partial charge on any atom is 0.340 e. The normalized spacial score (nSPS) is 14.0. The van der Waals surface area contributed by atoms with E-state index in [-0.39, 0.29) is 0 Å². The lowest BCUT2D eigenvalue weighted by Gasteiger charge is -2.18.